The van der Waals surface area contributed by atoms with E-state index < -0.39 is 0 Å². The Kier molecular flexibility index (Phi) is 2.68. The van der Waals surface area contributed by atoms with E-state index in [4.69, 9.17) is 4.98 Å². The molecule has 0 unspecified atom stereocenters. The summed E-state index contributed by atoms with van der Waals surface area (Å²) in [6.45, 7) is 2.22. The van der Waals surface area contributed by atoms with Crippen molar-refractivity contribution < 1.29 is 0 Å². The summed E-state index contributed by atoms with van der Waals surface area (Å²) in [6.07, 6.45) is 1.12. The summed E-state index contributed by atoms with van der Waals surface area (Å²) in [7, 11) is 0. The van der Waals surface area contributed by atoms with Crippen molar-refractivity contribution in [2.24, 2.45) is 0 Å². The lowest BCUT2D eigenvalue weighted by Gasteiger charge is -2.18. The van der Waals surface area contributed by atoms with Gasteiger partial charge >= 0.3 is 0 Å². The van der Waals surface area contributed by atoms with Gasteiger partial charge in [-0.3, -0.25) is 4.98 Å². The molecule has 0 N–H and O–H groups in total. The van der Waals surface area contributed by atoms with E-state index in [1.165, 1.54) is 28.0 Å². The highest BCUT2D eigenvalue weighted by molar-refractivity contribution is 9.10. The van der Waals surface area contributed by atoms with E-state index in [2.05, 4.69) is 41.1 Å². The van der Waals surface area contributed by atoms with Crippen LogP contribution in [0.2, 0.25) is 0 Å². The first-order valence-corrected chi connectivity index (χ1v) is 7.36. The average Bonchev–Trinajstić information content (AvgIpc) is 2.31. The molecule has 0 radical (unpaired) electrons. The number of aromatic nitrogens is 1. The first-order chi connectivity index (χ1) is 7.75. The van der Waals surface area contributed by atoms with Crippen LogP contribution in [0.1, 0.15) is 16.8 Å². The Morgan fingerprint density at radius 3 is 3.12 bits per heavy atom. The maximum Gasteiger partial charge on any atom is 0.0708 e. The first-order valence-electron chi connectivity index (χ1n) is 5.41. The lowest BCUT2D eigenvalue weighted by Crippen LogP contribution is -2.07. The number of hydrogen-bond acceptors (Lipinski definition) is 2. The third-order valence-corrected chi connectivity index (χ3v) is 4.63. The van der Waals surface area contributed by atoms with Gasteiger partial charge in [0.2, 0.25) is 0 Å². The zero-order valence-electron chi connectivity index (χ0n) is 9.09. The molecular formula is C13H12BrNS. The van der Waals surface area contributed by atoms with Gasteiger partial charge in [0, 0.05) is 21.3 Å². The second-order valence-electron chi connectivity index (χ2n) is 4.13. The molecule has 2 heterocycles. The molecule has 0 spiro atoms. The Morgan fingerprint density at radius 2 is 2.25 bits per heavy atom. The number of nitrogens with zero attached hydrogens (tertiary/aromatic N) is 1. The van der Waals surface area contributed by atoms with E-state index in [1.807, 2.05) is 11.8 Å². The Balaban J connectivity index is 2.35. The normalized spacial score (nSPS) is 15.1. The van der Waals surface area contributed by atoms with E-state index in [0.29, 0.717) is 0 Å². The molecule has 0 fully saturated rings. The molecule has 0 atom stereocenters. The van der Waals surface area contributed by atoms with Crippen LogP contribution in [0.15, 0.2) is 22.7 Å². The van der Waals surface area contributed by atoms with Gasteiger partial charge in [-0.15, -0.1) is 0 Å². The van der Waals surface area contributed by atoms with Gasteiger partial charge in [0.05, 0.1) is 5.52 Å². The van der Waals surface area contributed by atoms with E-state index >= 15 is 0 Å². The van der Waals surface area contributed by atoms with Gasteiger partial charge < -0.3 is 0 Å². The molecule has 1 aromatic heterocycles. The lowest BCUT2D eigenvalue weighted by molar-refractivity contribution is 1.00. The highest BCUT2D eigenvalue weighted by Gasteiger charge is 2.15. The maximum atomic E-state index is 4.78. The van der Waals surface area contributed by atoms with E-state index in [-0.39, 0.29) is 0 Å². The van der Waals surface area contributed by atoms with Crippen molar-refractivity contribution in [3.05, 3.63) is 39.5 Å². The molecule has 2 aromatic rings. The number of hydrogen-bond donors (Lipinski definition) is 0. The predicted molar refractivity (Wildman–Crippen MR) is 74.0 cm³/mol. The smallest absolute Gasteiger partial charge is 0.0708 e. The highest BCUT2D eigenvalue weighted by Crippen LogP contribution is 2.31. The third-order valence-electron chi connectivity index (χ3n) is 3.15. The quantitative estimate of drug-likeness (QED) is 0.725. The van der Waals surface area contributed by atoms with Crippen LogP contribution in [0, 0.1) is 6.92 Å². The summed E-state index contributed by atoms with van der Waals surface area (Å²) < 4.78 is 1.13. The molecule has 1 aliphatic heterocycles. The van der Waals surface area contributed by atoms with Crippen molar-refractivity contribution in [2.45, 2.75) is 19.1 Å². The second-order valence-corrected chi connectivity index (χ2v) is 6.15. The number of aryl methyl sites for hydroxylation is 2. The number of rotatable bonds is 0. The molecule has 82 valence electrons. The molecule has 0 aliphatic carbocycles. The number of benzene rings is 1. The van der Waals surface area contributed by atoms with Crippen LogP contribution >= 0.6 is 27.7 Å². The van der Waals surface area contributed by atoms with Gasteiger partial charge in [-0.2, -0.15) is 11.8 Å². The fourth-order valence-corrected chi connectivity index (χ4v) is 3.67. The van der Waals surface area contributed by atoms with Crippen LogP contribution in [0.4, 0.5) is 0 Å². The molecule has 1 nitrogen and oxygen atoms in total. The molecule has 1 aromatic carbocycles. The van der Waals surface area contributed by atoms with Gasteiger partial charge in [-0.25, -0.2) is 0 Å². The number of thioether (sulfide) groups is 1. The van der Waals surface area contributed by atoms with Crippen LogP contribution in [-0.2, 0) is 12.2 Å². The summed E-state index contributed by atoms with van der Waals surface area (Å²) in [6, 6.07) is 6.35. The van der Waals surface area contributed by atoms with E-state index in [0.717, 1.165) is 22.2 Å². The zero-order valence-corrected chi connectivity index (χ0v) is 11.5. The third kappa shape index (κ3) is 1.66. The van der Waals surface area contributed by atoms with Gasteiger partial charge in [0.15, 0.2) is 0 Å². The lowest BCUT2D eigenvalue weighted by atomic mass is 10.0. The Hall–Kier alpha value is -0.540. The maximum absolute atomic E-state index is 4.78. The van der Waals surface area contributed by atoms with E-state index in [1.54, 1.807) is 0 Å². The summed E-state index contributed by atoms with van der Waals surface area (Å²) >= 11 is 5.54. The van der Waals surface area contributed by atoms with Gasteiger partial charge in [-0.05, 0) is 48.4 Å². The fraction of sp³-hybridized carbons (Fsp3) is 0.308. The molecule has 3 rings (SSSR count). The van der Waals surface area contributed by atoms with Gasteiger partial charge in [-0.1, -0.05) is 15.9 Å². The van der Waals surface area contributed by atoms with Crippen molar-refractivity contribution in [1.29, 1.82) is 0 Å². The van der Waals surface area contributed by atoms with Crippen molar-refractivity contribution in [1.82, 2.24) is 4.98 Å². The SMILES string of the molecule is Cc1c2c(nc3ccc(Br)cc13)CCSC2. The van der Waals surface area contributed by atoms with Crippen LogP contribution in [0.5, 0.6) is 0 Å². The molecule has 3 heteroatoms. The number of halogens is 1. The average molecular weight is 294 g/mol. The molecule has 16 heavy (non-hydrogen) atoms. The van der Waals surface area contributed by atoms with Crippen molar-refractivity contribution in [2.75, 3.05) is 5.75 Å². The monoisotopic (exact) mass is 293 g/mol. The summed E-state index contributed by atoms with van der Waals surface area (Å²) in [4.78, 5) is 4.78. The standard InChI is InChI=1S/C13H12BrNS/c1-8-10-6-9(14)2-3-12(10)15-13-4-5-16-7-11(8)13/h2-3,6H,4-5,7H2,1H3. The van der Waals surface area contributed by atoms with Crippen molar-refractivity contribution in [3.63, 3.8) is 0 Å². The summed E-state index contributed by atoms with van der Waals surface area (Å²) in [5.41, 5.74) is 5.31. The van der Waals surface area contributed by atoms with Gasteiger partial charge in [0.1, 0.15) is 0 Å². The molecule has 1 aliphatic rings. The van der Waals surface area contributed by atoms with Gasteiger partial charge in [0.25, 0.3) is 0 Å². The Bertz CT molecular complexity index is 565. The topological polar surface area (TPSA) is 12.9 Å². The minimum atomic E-state index is 1.12. The first kappa shape index (κ1) is 10.6. The second kappa shape index (κ2) is 4.04. The summed E-state index contributed by atoms with van der Waals surface area (Å²) in [5.74, 6) is 2.33. The van der Waals surface area contributed by atoms with Crippen molar-refractivity contribution in [3.8, 4) is 0 Å². The minimum absolute atomic E-state index is 1.12. The molecule has 0 saturated heterocycles. The van der Waals surface area contributed by atoms with Crippen LogP contribution < -0.4 is 0 Å². The summed E-state index contributed by atoms with van der Waals surface area (Å²) in [5, 5.41) is 1.29. The molecule has 0 saturated carbocycles. The molecule has 0 amide bonds. The van der Waals surface area contributed by atoms with Crippen LogP contribution in [-0.4, -0.2) is 10.7 Å². The number of pyridine rings is 1. The Labute approximate surface area is 108 Å². The van der Waals surface area contributed by atoms with E-state index in [9.17, 15) is 0 Å². The number of fused-ring (bicyclic) bond motifs is 2. The molecular weight excluding hydrogens is 282 g/mol. The van der Waals surface area contributed by atoms with Crippen molar-refractivity contribution >= 4 is 38.6 Å². The highest BCUT2D eigenvalue weighted by atomic mass is 79.9. The van der Waals surface area contributed by atoms with Crippen LogP contribution in [0.3, 0.4) is 0 Å². The zero-order chi connectivity index (χ0) is 11.1. The predicted octanol–water partition coefficient (Wildman–Crippen LogP) is 4.10. The largest absolute Gasteiger partial charge is 0.252 e. The molecule has 0 bridgehead atoms. The van der Waals surface area contributed by atoms with Crippen LogP contribution in [0.25, 0.3) is 10.9 Å². The fourth-order valence-electron chi connectivity index (χ4n) is 2.24. The Morgan fingerprint density at radius 1 is 1.38 bits per heavy atom. The minimum Gasteiger partial charge on any atom is -0.252 e.